The first-order chi connectivity index (χ1) is 18.8. The van der Waals surface area contributed by atoms with Crippen LogP contribution in [0.2, 0.25) is 0 Å². The fraction of sp³-hybridized carbons (Fsp3) is 0.485. The second-order valence-electron chi connectivity index (χ2n) is 11.9. The maximum atomic E-state index is 13.6. The molecule has 0 saturated carbocycles. The standard InChI is InChI=1S/C33H46N4O2/c1-26(30-12-7-10-29-9-5-6-11-31(29)30)35-32(38)37(18-8-17-36-19-21-39-22-20-36)24-28-15-13-27(14-16-28)23-34-25-33(2,3)4/h5-7,9-16,26,34H,8,17-25H2,1-4H3,(H,35,38)/t26-/m0/s1. The highest BCUT2D eigenvalue weighted by Gasteiger charge is 2.19. The van der Waals surface area contributed by atoms with Crippen LogP contribution in [0, 0.1) is 5.41 Å². The van der Waals surface area contributed by atoms with E-state index in [1.165, 1.54) is 16.3 Å². The molecule has 1 heterocycles. The van der Waals surface area contributed by atoms with Crippen molar-refractivity contribution in [2.75, 3.05) is 45.9 Å². The fourth-order valence-corrected chi connectivity index (χ4v) is 5.11. The van der Waals surface area contributed by atoms with Crippen LogP contribution < -0.4 is 10.6 Å². The third kappa shape index (κ3) is 9.06. The van der Waals surface area contributed by atoms with Gasteiger partial charge in [-0.05, 0) is 46.2 Å². The van der Waals surface area contributed by atoms with Crippen LogP contribution in [0.4, 0.5) is 4.79 Å². The van der Waals surface area contributed by atoms with Gasteiger partial charge in [0.1, 0.15) is 0 Å². The fourth-order valence-electron chi connectivity index (χ4n) is 5.11. The zero-order chi connectivity index (χ0) is 27.7. The van der Waals surface area contributed by atoms with Gasteiger partial charge in [-0.2, -0.15) is 0 Å². The Labute approximate surface area is 234 Å². The Hall–Kier alpha value is -2.93. The summed E-state index contributed by atoms with van der Waals surface area (Å²) in [5, 5.41) is 9.21. The van der Waals surface area contributed by atoms with Gasteiger partial charge in [-0.25, -0.2) is 4.79 Å². The molecule has 0 bridgehead atoms. The number of nitrogens with one attached hydrogen (secondary N) is 2. The van der Waals surface area contributed by atoms with Crippen molar-refractivity contribution in [2.45, 2.75) is 53.2 Å². The van der Waals surface area contributed by atoms with E-state index in [4.69, 9.17) is 4.74 Å². The minimum absolute atomic E-state index is 0.0201. The molecule has 0 unspecified atom stereocenters. The molecule has 1 aliphatic rings. The molecule has 3 aromatic rings. The molecule has 210 valence electrons. The molecule has 3 aromatic carbocycles. The molecule has 0 spiro atoms. The highest BCUT2D eigenvalue weighted by Crippen LogP contribution is 2.24. The third-order valence-electron chi connectivity index (χ3n) is 7.30. The topological polar surface area (TPSA) is 56.8 Å². The van der Waals surface area contributed by atoms with Crippen molar-refractivity contribution >= 4 is 16.8 Å². The molecule has 1 fully saturated rings. The number of fused-ring (bicyclic) bond motifs is 1. The summed E-state index contributed by atoms with van der Waals surface area (Å²) in [5.41, 5.74) is 3.81. The second-order valence-corrected chi connectivity index (χ2v) is 11.9. The molecule has 0 aliphatic carbocycles. The molecule has 6 nitrogen and oxygen atoms in total. The lowest BCUT2D eigenvalue weighted by Gasteiger charge is -2.29. The van der Waals surface area contributed by atoms with Gasteiger partial charge in [0.2, 0.25) is 0 Å². The van der Waals surface area contributed by atoms with Crippen LogP contribution in [0.3, 0.4) is 0 Å². The van der Waals surface area contributed by atoms with Crippen molar-refractivity contribution in [2.24, 2.45) is 5.41 Å². The van der Waals surface area contributed by atoms with Gasteiger partial charge in [-0.15, -0.1) is 0 Å². The summed E-state index contributed by atoms with van der Waals surface area (Å²) in [6.45, 7) is 16.4. The molecule has 39 heavy (non-hydrogen) atoms. The molecule has 1 aliphatic heterocycles. The molecule has 2 N–H and O–H groups in total. The van der Waals surface area contributed by atoms with Crippen LogP contribution in [0.25, 0.3) is 10.8 Å². The van der Waals surface area contributed by atoms with Crippen LogP contribution in [-0.2, 0) is 17.8 Å². The minimum atomic E-state index is -0.0957. The van der Waals surface area contributed by atoms with E-state index >= 15 is 0 Å². The molecule has 1 atom stereocenters. The lowest BCUT2D eigenvalue weighted by atomic mass is 9.97. The highest BCUT2D eigenvalue weighted by molar-refractivity contribution is 5.86. The average Bonchev–Trinajstić information content (AvgIpc) is 2.93. The summed E-state index contributed by atoms with van der Waals surface area (Å²) in [6.07, 6.45) is 0.935. The van der Waals surface area contributed by atoms with Crippen molar-refractivity contribution < 1.29 is 9.53 Å². The normalized spacial score (nSPS) is 15.3. The molecule has 4 rings (SSSR count). The average molecular weight is 531 g/mol. The van der Waals surface area contributed by atoms with Crippen LogP contribution in [0.15, 0.2) is 66.7 Å². The van der Waals surface area contributed by atoms with Crippen LogP contribution in [0.1, 0.15) is 56.8 Å². The number of hydrogen-bond donors (Lipinski definition) is 2. The Morgan fingerprint density at radius 2 is 1.67 bits per heavy atom. The minimum Gasteiger partial charge on any atom is -0.379 e. The van der Waals surface area contributed by atoms with Gasteiger partial charge < -0.3 is 20.3 Å². The number of urea groups is 1. The number of nitrogens with zero attached hydrogens (tertiary/aromatic N) is 2. The zero-order valence-electron chi connectivity index (χ0n) is 24.2. The maximum Gasteiger partial charge on any atom is 0.318 e. The van der Waals surface area contributed by atoms with Crippen molar-refractivity contribution in [3.63, 3.8) is 0 Å². The number of carbonyl (C=O) groups excluding carboxylic acids is 1. The number of benzene rings is 3. The third-order valence-corrected chi connectivity index (χ3v) is 7.30. The molecule has 2 amide bonds. The molecule has 0 radical (unpaired) electrons. The Bertz CT molecular complexity index is 1180. The number of ether oxygens (including phenoxy) is 1. The molecule has 0 aromatic heterocycles. The zero-order valence-corrected chi connectivity index (χ0v) is 24.2. The van der Waals surface area contributed by atoms with Gasteiger partial charge in [-0.3, -0.25) is 4.90 Å². The van der Waals surface area contributed by atoms with Crippen molar-refractivity contribution in [3.05, 3.63) is 83.4 Å². The predicted octanol–water partition coefficient (Wildman–Crippen LogP) is 5.97. The first-order valence-corrected chi connectivity index (χ1v) is 14.4. The number of rotatable bonds is 11. The van der Waals surface area contributed by atoms with Gasteiger partial charge in [0.15, 0.2) is 0 Å². The summed E-state index contributed by atoms with van der Waals surface area (Å²) in [4.78, 5) is 18.0. The summed E-state index contributed by atoms with van der Waals surface area (Å²) >= 11 is 0. The Balaban J connectivity index is 1.41. The predicted molar refractivity (Wildman–Crippen MR) is 161 cm³/mol. The summed E-state index contributed by atoms with van der Waals surface area (Å²) in [6, 6.07) is 23.2. The van der Waals surface area contributed by atoms with Gasteiger partial charge in [0.05, 0.1) is 19.3 Å². The second kappa shape index (κ2) is 13.9. The number of hydrogen-bond acceptors (Lipinski definition) is 4. The van der Waals surface area contributed by atoms with E-state index in [1.54, 1.807) is 0 Å². The van der Waals surface area contributed by atoms with Crippen LogP contribution >= 0.6 is 0 Å². The Morgan fingerprint density at radius 3 is 2.41 bits per heavy atom. The lowest BCUT2D eigenvalue weighted by molar-refractivity contribution is 0.0364. The van der Waals surface area contributed by atoms with E-state index < -0.39 is 0 Å². The number of amides is 2. The van der Waals surface area contributed by atoms with Crippen LogP contribution in [0.5, 0.6) is 0 Å². The molecular formula is C33H46N4O2. The van der Waals surface area contributed by atoms with Gasteiger partial charge in [-0.1, -0.05) is 87.5 Å². The maximum absolute atomic E-state index is 13.6. The van der Waals surface area contributed by atoms with Crippen LogP contribution in [-0.4, -0.2) is 61.8 Å². The summed E-state index contributed by atoms with van der Waals surface area (Å²) < 4.78 is 5.49. The molecule has 6 heteroatoms. The quantitative estimate of drug-likeness (QED) is 0.321. The monoisotopic (exact) mass is 530 g/mol. The van der Waals surface area contributed by atoms with Crippen molar-refractivity contribution in [1.29, 1.82) is 0 Å². The van der Waals surface area contributed by atoms with E-state index in [9.17, 15) is 4.79 Å². The van der Waals surface area contributed by atoms with E-state index in [1.807, 2.05) is 4.90 Å². The summed E-state index contributed by atoms with van der Waals surface area (Å²) in [5.74, 6) is 0. The SMILES string of the molecule is C[C@H](NC(=O)N(CCCN1CCOCC1)Cc1ccc(CNCC(C)(C)C)cc1)c1cccc2ccccc12. The van der Waals surface area contributed by atoms with Gasteiger partial charge in [0, 0.05) is 45.8 Å². The smallest absolute Gasteiger partial charge is 0.318 e. The largest absolute Gasteiger partial charge is 0.379 e. The molecular weight excluding hydrogens is 484 g/mol. The van der Waals surface area contributed by atoms with E-state index in [2.05, 4.69) is 110 Å². The Morgan fingerprint density at radius 1 is 0.974 bits per heavy atom. The Kier molecular flexibility index (Phi) is 10.4. The molecule has 1 saturated heterocycles. The lowest BCUT2D eigenvalue weighted by Crippen LogP contribution is -2.43. The van der Waals surface area contributed by atoms with Crippen molar-refractivity contribution in [1.82, 2.24) is 20.4 Å². The van der Waals surface area contributed by atoms with Crippen molar-refractivity contribution in [3.8, 4) is 0 Å². The number of carbonyl (C=O) groups is 1. The summed E-state index contributed by atoms with van der Waals surface area (Å²) in [7, 11) is 0. The van der Waals surface area contributed by atoms with E-state index in [0.29, 0.717) is 13.1 Å². The van der Waals surface area contributed by atoms with E-state index in [0.717, 1.165) is 63.5 Å². The van der Waals surface area contributed by atoms with Gasteiger partial charge >= 0.3 is 6.03 Å². The highest BCUT2D eigenvalue weighted by atomic mass is 16.5. The number of morpholine rings is 1. The van der Waals surface area contributed by atoms with E-state index in [-0.39, 0.29) is 17.5 Å². The van der Waals surface area contributed by atoms with Gasteiger partial charge in [0.25, 0.3) is 0 Å². The first-order valence-electron chi connectivity index (χ1n) is 14.4. The first kappa shape index (κ1) is 29.1.